The van der Waals surface area contributed by atoms with Gasteiger partial charge in [0.1, 0.15) is 5.82 Å². The zero-order valence-electron chi connectivity index (χ0n) is 12.3. The van der Waals surface area contributed by atoms with E-state index in [1.165, 1.54) is 18.4 Å². The first-order valence-corrected chi connectivity index (χ1v) is 8.24. The van der Waals surface area contributed by atoms with Crippen molar-refractivity contribution in [2.45, 2.75) is 39.3 Å². The Morgan fingerprint density at radius 2 is 2.25 bits per heavy atom. The van der Waals surface area contributed by atoms with E-state index in [-0.39, 0.29) is 5.82 Å². The molecule has 1 aliphatic rings. The highest BCUT2D eigenvalue weighted by Gasteiger charge is 2.24. The summed E-state index contributed by atoms with van der Waals surface area (Å²) in [4.78, 5) is 2.51. The zero-order valence-corrected chi connectivity index (χ0v) is 13.9. The van der Waals surface area contributed by atoms with Crippen molar-refractivity contribution < 1.29 is 4.39 Å². The van der Waals surface area contributed by atoms with E-state index in [4.69, 9.17) is 0 Å². The molecule has 1 unspecified atom stereocenters. The van der Waals surface area contributed by atoms with Crippen LogP contribution >= 0.6 is 15.9 Å². The third-order valence-electron chi connectivity index (χ3n) is 3.82. The fourth-order valence-corrected chi connectivity index (χ4v) is 3.22. The molecule has 112 valence electrons. The smallest absolute Gasteiger partial charge is 0.124 e. The molecular formula is C16H24BrFN2. The molecule has 0 spiro atoms. The van der Waals surface area contributed by atoms with Gasteiger partial charge in [0.25, 0.3) is 0 Å². The van der Waals surface area contributed by atoms with Gasteiger partial charge in [0.05, 0.1) is 0 Å². The highest BCUT2D eigenvalue weighted by molar-refractivity contribution is 9.10. The molecule has 0 radical (unpaired) electrons. The van der Waals surface area contributed by atoms with E-state index < -0.39 is 0 Å². The van der Waals surface area contributed by atoms with Crippen LogP contribution in [0.3, 0.4) is 0 Å². The summed E-state index contributed by atoms with van der Waals surface area (Å²) in [7, 11) is 0. The van der Waals surface area contributed by atoms with E-state index in [0.717, 1.165) is 30.7 Å². The number of halogens is 2. The van der Waals surface area contributed by atoms with E-state index in [2.05, 4.69) is 40.0 Å². The Hall–Kier alpha value is -0.450. The summed E-state index contributed by atoms with van der Waals surface area (Å²) in [6.07, 6.45) is 2.51. The molecule has 0 aromatic heterocycles. The minimum Gasteiger partial charge on any atom is -0.315 e. The maximum Gasteiger partial charge on any atom is 0.124 e. The summed E-state index contributed by atoms with van der Waals surface area (Å²) in [5.41, 5.74) is 1.17. The summed E-state index contributed by atoms with van der Waals surface area (Å²) in [5.74, 6) is 0.508. The maximum atomic E-state index is 13.1. The van der Waals surface area contributed by atoms with Gasteiger partial charge in [-0.05, 0) is 49.5 Å². The fraction of sp³-hybridized carbons (Fsp3) is 0.625. The van der Waals surface area contributed by atoms with Gasteiger partial charge in [0.15, 0.2) is 0 Å². The molecule has 1 aromatic carbocycles. The van der Waals surface area contributed by atoms with Crippen molar-refractivity contribution in [1.29, 1.82) is 0 Å². The molecule has 0 amide bonds. The number of hydrogen-bond acceptors (Lipinski definition) is 2. The molecule has 1 saturated heterocycles. The molecule has 1 aliphatic heterocycles. The first-order chi connectivity index (χ1) is 9.56. The topological polar surface area (TPSA) is 15.3 Å². The van der Waals surface area contributed by atoms with E-state index in [1.807, 2.05) is 6.07 Å². The minimum absolute atomic E-state index is 0.183. The lowest BCUT2D eigenvalue weighted by Gasteiger charge is -2.25. The standard InChI is InChI=1S/C16H24BrFN2/c1-12(2)9-19-10-15-4-3-7-20(15)11-13-5-6-14(18)8-16(13)17/h5-6,8,12,15,19H,3-4,7,9-11H2,1-2H3. The van der Waals surface area contributed by atoms with E-state index in [1.54, 1.807) is 12.1 Å². The lowest BCUT2D eigenvalue weighted by Crippen LogP contribution is -2.38. The molecule has 0 aliphatic carbocycles. The van der Waals surface area contributed by atoms with Crippen LogP contribution in [0.2, 0.25) is 0 Å². The quantitative estimate of drug-likeness (QED) is 0.845. The zero-order chi connectivity index (χ0) is 14.5. The number of nitrogens with one attached hydrogen (secondary N) is 1. The van der Waals surface area contributed by atoms with Crippen molar-refractivity contribution in [2.75, 3.05) is 19.6 Å². The van der Waals surface area contributed by atoms with Gasteiger partial charge in [0, 0.05) is 23.6 Å². The Balaban J connectivity index is 1.90. The summed E-state index contributed by atoms with van der Waals surface area (Å²) in [6, 6.07) is 5.58. The third-order valence-corrected chi connectivity index (χ3v) is 4.56. The van der Waals surface area contributed by atoms with Crippen LogP contribution in [-0.2, 0) is 6.54 Å². The van der Waals surface area contributed by atoms with Crippen molar-refractivity contribution in [1.82, 2.24) is 10.2 Å². The SMILES string of the molecule is CC(C)CNCC1CCCN1Cc1ccc(F)cc1Br. The molecule has 1 heterocycles. The Bertz CT molecular complexity index is 436. The molecule has 20 heavy (non-hydrogen) atoms. The molecule has 2 nitrogen and oxygen atoms in total. The third kappa shape index (κ3) is 4.54. The lowest BCUT2D eigenvalue weighted by molar-refractivity contribution is 0.237. The van der Waals surface area contributed by atoms with Crippen molar-refractivity contribution >= 4 is 15.9 Å². The number of likely N-dealkylation sites (tertiary alicyclic amines) is 1. The van der Waals surface area contributed by atoms with Crippen LogP contribution in [0.4, 0.5) is 4.39 Å². The Labute approximate surface area is 129 Å². The largest absolute Gasteiger partial charge is 0.315 e. The molecular weight excluding hydrogens is 319 g/mol. The number of nitrogens with zero attached hydrogens (tertiary/aromatic N) is 1. The molecule has 1 fully saturated rings. The first-order valence-electron chi connectivity index (χ1n) is 7.45. The minimum atomic E-state index is -0.183. The van der Waals surface area contributed by atoms with Crippen LogP contribution in [0.1, 0.15) is 32.3 Å². The van der Waals surface area contributed by atoms with Crippen molar-refractivity contribution in [3.8, 4) is 0 Å². The van der Waals surface area contributed by atoms with Gasteiger partial charge >= 0.3 is 0 Å². The normalized spacial score (nSPS) is 19.9. The average molecular weight is 343 g/mol. The van der Waals surface area contributed by atoms with Crippen LogP contribution in [0, 0.1) is 11.7 Å². The monoisotopic (exact) mass is 342 g/mol. The number of hydrogen-bond donors (Lipinski definition) is 1. The number of rotatable bonds is 6. The molecule has 4 heteroatoms. The molecule has 1 aromatic rings. The van der Waals surface area contributed by atoms with Crippen LogP contribution < -0.4 is 5.32 Å². The van der Waals surface area contributed by atoms with Gasteiger partial charge in [-0.3, -0.25) is 4.90 Å². The van der Waals surface area contributed by atoms with Crippen LogP contribution in [0.25, 0.3) is 0 Å². The molecule has 1 N–H and O–H groups in total. The Kier molecular flexibility index (Phi) is 6.00. The highest BCUT2D eigenvalue weighted by atomic mass is 79.9. The molecule has 1 atom stereocenters. The Morgan fingerprint density at radius 3 is 2.95 bits per heavy atom. The average Bonchev–Trinajstić information content (AvgIpc) is 2.80. The van der Waals surface area contributed by atoms with E-state index >= 15 is 0 Å². The molecule has 0 bridgehead atoms. The second-order valence-corrected chi connectivity index (χ2v) is 6.91. The van der Waals surface area contributed by atoms with Gasteiger partial charge in [0.2, 0.25) is 0 Å². The molecule has 2 rings (SSSR count). The predicted octanol–water partition coefficient (Wildman–Crippen LogP) is 3.80. The maximum absolute atomic E-state index is 13.1. The predicted molar refractivity (Wildman–Crippen MR) is 85.2 cm³/mol. The van der Waals surface area contributed by atoms with Crippen LogP contribution in [0.15, 0.2) is 22.7 Å². The highest BCUT2D eigenvalue weighted by Crippen LogP contribution is 2.24. The van der Waals surface area contributed by atoms with E-state index in [9.17, 15) is 4.39 Å². The molecule has 0 saturated carbocycles. The van der Waals surface area contributed by atoms with Gasteiger partial charge in [-0.15, -0.1) is 0 Å². The van der Waals surface area contributed by atoms with Crippen molar-refractivity contribution in [2.24, 2.45) is 5.92 Å². The van der Waals surface area contributed by atoms with Crippen LogP contribution in [0.5, 0.6) is 0 Å². The Morgan fingerprint density at radius 1 is 1.45 bits per heavy atom. The fourth-order valence-electron chi connectivity index (χ4n) is 2.74. The number of benzene rings is 1. The van der Waals surface area contributed by atoms with Crippen molar-refractivity contribution in [3.05, 3.63) is 34.1 Å². The second-order valence-electron chi connectivity index (χ2n) is 6.05. The van der Waals surface area contributed by atoms with Gasteiger partial charge in [-0.2, -0.15) is 0 Å². The first kappa shape index (κ1) is 15.9. The summed E-state index contributed by atoms with van der Waals surface area (Å²) in [5, 5.41) is 3.55. The van der Waals surface area contributed by atoms with Gasteiger partial charge < -0.3 is 5.32 Å². The van der Waals surface area contributed by atoms with Gasteiger partial charge in [-0.25, -0.2) is 4.39 Å². The van der Waals surface area contributed by atoms with E-state index in [0.29, 0.717) is 12.0 Å². The summed E-state index contributed by atoms with van der Waals surface area (Å²) < 4.78 is 14.0. The van der Waals surface area contributed by atoms with Gasteiger partial charge in [-0.1, -0.05) is 35.8 Å². The lowest BCUT2D eigenvalue weighted by atomic mass is 10.1. The van der Waals surface area contributed by atoms with Crippen LogP contribution in [-0.4, -0.2) is 30.6 Å². The second kappa shape index (κ2) is 7.53. The summed E-state index contributed by atoms with van der Waals surface area (Å²) >= 11 is 3.46. The van der Waals surface area contributed by atoms with Crippen molar-refractivity contribution in [3.63, 3.8) is 0 Å². The summed E-state index contributed by atoms with van der Waals surface area (Å²) in [6.45, 7) is 8.62.